The maximum atomic E-state index is 12.7. The van der Waals surface area contributed by atoms with E-state index in [1.165, 1.54) is 5.56 Å². The lowest BCUT2D eigenvalue weighted by molar-refractivity contribution is 0.0985. The number of hydrogen-bond donors (Lipinski definition) is 1. The number of para-hydroxylation sites is 1. The van der Waals surface area contributed by atoms with Gasteiger partial charge in [-0.1, -0.05) is 29.8 Å². The minimum absolute atomic E-state index is 0.148. The predicted octanol–water partition coefficient (Wildman–Crippen LogP) is 3.37. The maximum Gasteiger partial charge on any atom is 0.278 e. The number of benzene rings is 1. The maximum absolute atomic E-state index is 12.7. The average molecular weight is 302 g/mol. The third-order valence-corrected chi connectivity index (χ3v) is 3.84. The van der Waals surface area contributed by atoms with Crippen molar-refractivity contribution in [2.24, 2.45) is 0 Å². The van der Waals surface area contributed by atoms with Gasteiger partial charge in [-0.2, -0.15) is 0 Å². The van der Waals surface area contributed by atoms with Crippen molar-refractivity contribution in [2.75, 3.05) is 23.3 Å². The molecule has 1 N–H and O–H groups in total. The molecule has 0 radical (unpaired) electrons. The Bertz CT molecular complexity index is 687. The molecule has 5 heteroatoms. The Morgan fingerprint density at radius 2 is 2.14 bits per heavy atom. The topological polar surface area (TPSA) is 45.2 Å². The monoisotopic (exact) mass is 301 g/mol. The Morgan fingerprint density at radius 1 is 1.33 bits per heavy atom. The lowest BCUT2D eigenvalue weighted by atomic mass is 10.2. The highest BCUT2D eigenvalue weighted by molar-refractivity contribution is 6.34. The smallest absolute Gasteiger partial charge is 0.278 e. The standard InChI is InChI=1S/C16H16ClN3O/c1-2-18-14-8-7-12(17)15(19-14)16(21)20-10-9-11-5-3-4-6-13(11)20/h3-8H,2,9-10H2,1H3,(H,18,19). The second kappa shape index (κ2) is 5.74. The number of halogens is 1. The second-order valence-electron chi connectivity index (χ2n) is 4.89. The SMILES string of the molecule is CCNc1ccc(Cl)c(C(=O)N2CCc3ccccc32)n1. The van der Waals surface area contributed by atoms with Gasteiger partial charge in [0.2, 0.25) is 0 Å². The van der Waals surface area contributed by atoms with Crippen molar-refractivity contribution in [1.82, 2.24) is 4.98 Å². The quantitative estimate of drug-likeness (QED) is 0.945. The van der Waals surface area contributed by atoms with Gasteiger partial charge in [0.05, 0.1) is 5.02 Å². The molecule has 4 nitrogen and oxygen atoms in total. The molecule has 0 saturated heterocycles. The Balaban J connectivity index is 1.94. The first-order valence-corrected chi connectivity index (χ1v) is 7.38. The molecule has 0 saturated carbocycles. The van der Waals surface area contributed by atoms with Crippen molar-refractivity contribution in [3.05, 3.63) is 52.7 Å². The summed E-state index contributed by atoms with van der Waals surface area (Å²) in [5, 5.41) is 3.48. The fourth-order valence-electron chi connectivity index (χ4n) is 2.55. The molecule has 0 fully saturated rings. The molecule has 0 atom stereocenters. The van der Waals surface area contributed by atoms with E-state index in [1.807, 2.05) is 31.2 Å². The number of nitrogens with one attached hydrogen (secondary N) is 1. The number of carbonyl (C=O) groups is 1. The van der Waals surface area contributed by atoms with Gasteiger partial charge in [0.15, 0.2) is 0 Å². The molecule has 0 unspecified atom stereocenters. The summed E-state index contributed by atoms with van der Waals surface area (Å²) in [6.07, 6.45) is 0.867. The van der Waals surface area contributed by atoms with Crippen molar-refractivity contribution in [3.8, 4) is 0 Å². The predicted molar refractivity (Wildman–Crippen MR) is 85.2 cm³/mol. The largest absolute Gasteiger partial charge is 0.370 e. The third kappa shape index (κ3) is 2.59. The highest BCUT2D eigenvalue weighted by Gasteiger charge is 2.27. The molecular weight excluding hydrogens is 286 g/mol. The van der Waals surface area contributed by atoms with Crippen LogP contribution in [0.25, 0.3) is 0 Å². The number of pyridine rings is 1. The molecule has 3 rings (SSSR count). The summed E-state index contributed by atoms with van der Waals surface area (Å²) in [5.74, 6) is 0.516. The molecule has 21 heavy (non-hydrogen) atoms. The fourth-order valence-corrected chi connectivity index (χ4v) is 2.73. The number of rotatable bonds is 3. The number of aromatic nitrogens is 1. The summed E-state index contributed by atoms with van der Waals surface area (Å²) in [6, 6.07) is 11.4. The van der Waals surface area contributed by atoms with Crippen LogP contribution in [0, 0.1) is 0 Å². The van der Waals surface area contributed by atoms with Gasteiger partial charge in [-0.15, -0.1) is 0 Å². The van der Waals surface area contributed by atoms with E-state index in [2.05, 4.69) is 10.3 Å². The molecule has 0 bridgehead atoms. The Kier molecular flexibility index (Phi) is 3.80. The number of nitrogens with zero attached hydrogens (tertiary/aromatic N) is 2. The Morgan fingerprint density at radius 3 is 2.95 bits per heavy atom. The lowest BCUT2D eigenvalue weighted by Gasteiger charge is -2.18. The molecule has 1 amide bonds. The van der Waals surface area contributed by atoms with E-state index in [9.17, 15) is 4.79 Å². The van der Waals surface area contributed by atoms with Crippen LogP contribution in [0.5, 0.6) is 0 Å². The summed E-state index contributed by atoms with van der Waals surface area (Å²) < 4.78 is 0. The summed E-state index contributed by atoms with van der Waals surface area (Å²) >= 11 is 6.16. The average Bonchev–Trinajstić information content (AvgIpc) is 2.93. The van der Waals surface area contributed by atoms with Gasteiger partial charge < -0.3 is 10.2 Å². The Hall–Kier alpha value is -2.07. The van der Waals surface area contributed by atoms with Crippen LogP contribution in [-0.2, 0) is 6.42 Å². The number of amides is 1. The summed E-state index contributed by atoms with van der Waals surface area (Å²) in [7, 11) is 0. The van der Waals surface area contributed by atoms with Gasteiger partial charge in [0.25, 0.3) is 5.91 Å². The molecule has 108 valence electrons. The van der Waals surface area contributed by atoms with E-state index < -0.39 is 0 Å². The van der Waals surface area contributed by atoms with E-state index >= 15 is 0 Å². The zero-order valence-electron chi connectivity index (χ0n) is 11.8. The molecule has 0 spiro atoms. The molecule has 1 aliphatic heterocycles. The van der Waals surface area contributed by atoms with Crippen LogP contribution < -0.4 is 10.2 Å². The van der Waals surface area contributed by atoms with Crippen LogP contribution >= 0.6 is 11.6 Å². The number of anilines is 2. The second-order valence-corrected chi connectivity index (χ2v) is 5.30. The first kappa shape index (κ1) is 13.9. The summed E-state index contributed by atoms with van der Waals surface area (Å²) in [6.45, 7) is 3.39. The van der Waals surface area contributed by atoms with Crippen molar-refractivity contribution in [3.63, 3.8) is 0 Å². The number of fused-ring (bicyclic) bond motifs is 1. The van der Waals surface area contributed by atoms with E-state index in [-0.39, 0.29) is 5.91 Å². The zero-order valence-corrected chi connectivity index (χ0v) is 12.5. The normalized spacial score (nSPS) is 13.1. The molecule has 2 heterocycles. The van der Waals surface area contributed by atoms with Crippen molar-refractivity contribution < 1.29 is 4.79 Å². The molecule has 2 aromatic rings. The lowest BCUT2D eigenvalue weighted by Crippen LogP contribution is -2.30. The molecule has 0 aliphatic carbocycles. The van der Waals surface area contributed by atoms with Gasteiger partial charge in [-0.25, -0.2) is 4.98 Å². The van der Waals surface area contributed by atoms with Crippen LogP contribution in [-0.4, -0.2) is 24.0 Å². The van der Waals surface area contributed by atoms with Gasteiger partial charge >= 0.3 is 0 Å². The molecule has 1 aliphatic rings. The van der Waals surface area contributed by atoms with Gasteiger partial charge in [-0.3, -0.25) is 4.79 Å². The van der Waals surface area contributed by atoms with E-state index in [0.717, 1.165) is 18.7 Å². The summed E-state index contributed by atoms with van der Waals surface area (Å²) in [5.41, 5.74) is 2.44. The van der Waals surface area contributed by atoms with Gasteiger partial charge in [0.1, 0.15) is 11.5 Å². The molecule has 1 aromatic heterocycles. The van der Waals surface area contributed by atoms with Gasteiger partial charge in [-0.05, 0) is 37.1 Å². The van der Waals surface area contributed by atoms with Crippen LogP contribution in [0.2, 0.25) is 5.02 Å². The third-order valence-electron chi connectivity index (χ3n) is 3.54. The first-order chi connectivity index (χ1) is 10.2. The van der Waals surface area contributed by atoms with Gasteiger partial charge in [0, 0.05) is 18.8 Å². The minimum Gasteiger partial charge on any atom is -0.370 e. The highest BCUT2D eigenvalue weighted by atomic mass is 35.5. The van der Waals surface area contributed by atoms with E-state index in [1.54, 1.807) is 17.0 Å². The Labute approximate surface area is 128 Å². The summed E-state index contributed by atoms with van der Waals surface area (Å²) in [4.78, 5) is 18.8. The minimum atomic E-state index is -0.148. The van der Waals surface area contributed by atoms with Crippen molar-refractivity contribution >= 4 is 29.0 Å². The van der Waals surface area contributed by atoms with Crippen LogP contribution in [0.15, 0.2) is 36.4 Å². The van der Waals surface area contributed by atoms with Crippen LogP contribution in [0.3, 0.4) is 0 Å². The first-order valence-electron chi connectivity index (χ1n) is 7.01. The van der Waals surface area contributed by atoms with Crippen LogP contribution in [0.4, 0.5) is 11.5 Å². The van der Waals surface area contributed by atoms with E-state index in [4.69, 9.17) is 11.6 Å². The highest BCUT2D eigenvalue weighted by Crippen LogP contribution is 2.30. The zero-order chi connectivity index (χ0) is 14.8. The van der Waals surface area contributed by atoms with Crippen LogP contribution in [0.1, 0.15) is 23.0 Å². The molecular formula is C16H16ClN3O. The number of carbonyl (C=O) groups excluding carboxylic acids is 1. The number of hydrogen-bond acceptors (Lipinski definition) is 3. The fraction of sp³-hybridized carbons (Fsp3) is 0.250. The molecule has 1 aromatic carbocycles. The van der Waals surface area contributed by atoms with Crippen molar-refractivity contribution in [1.29, 1.82) is 0 Å². The van der Waals surface area contributed by atoms with Crippen molar-refractivity contribution in [2.45, 2.75) is 13.3 Å². The van der Waals surface area contributed by atoms with E-state index in [0.29, 0.717) is 23.1 Å².